The van der Waals surface area contributed by atoms with Crippen molar-refractivity contribution in [1.82, 2.24) is 20.0 Å². The van der Waals surface area contributed by atoms with Crippen LogP contribution in [0, 0.1) is 5.92 Å². The van der Waals surface area contributed by atoms with E-state index >= 15 is 0 Å². The molecule has 0 saturated carbocycles. The van der Waals surface area contributed by atoms with Crippen molar-refractivity contribution < 1.29 is 9.59 Å². The Kier molecular flexibility index (Phi) is 6.87. The monoisotopic (exact) mass is 388 g/mol. The Labute approximate surface area is 164 Å². The van der Waals surface area contributed by atoms with Gasteiger partial charge in [0, 0.05) is 43.5 Å². The predicted molar refractivity (Wildman–Crippen MR) is 104 cm³/mol. The van der Waals surface area contributed by atoms with Crippen LogP contribution < -0.4 is 5.32 Å². The first-order valence-corrected chi connectivity index (χ1v) is 9.74. The van der Waals surface area contributed by atoms with E-state index in [1.165, 1.54) is 0 Å². The number of aromatic nitrogens is 2. The van der Waals surface area contributed by atoms with Crippen LogP contribution in [0.5, 0.6) is 0 Å². The minimum atomic E-state index is 0.0622. The molecule has 0 aliphatic carbocycles. The molecular formula is C20H25ClN4O2. The van der Waals surface area contributed by atoms with Crippen molar-refractivity contribution in [2.24, 2.45) is 5.92 Å². The molecule has 2 aromatic rings. The summed E-state index contributed by atoms with van der Waals surface area (Å²) >= 11 is 5.95. The Balaban J connectivity index is 1.33. The fraction of sp³-hybridized carbons (Fsp3) is 0.450. The lowest BCUT2D eigenvalue weighted by molar-refractivity contribution is -0.133. The fourth-order valence-corrected chi connectivity index (χ4v) is 3.59. The number of carbonyl (C=O) groups excluding carboxylic acids is 2. The third-order valence-corrected chi connectivity index (χ3v) is 5.22. The van der Waals surface area contributed by atoms with Crippen molar-refractivity contribution in [2.45, 2.75) is 38.8 Å². The maximum Gasteiger partial charge on any atom is 0.244 e. The van der Waals surface area contributed by atoms with Gasteiger partial charge in [0.15, 0.2) is 0 Å². The van der Waals surface area contributed by atoms with E-state index in [4.69, 9.17) is 11.6 Å². The topological polar surface area (TPSA) is 67.2 Å². The minimum Gasteiger partial charge on any atom is -0.352 e. The third-order valence-electron chi connectivity index (χ3n) is 4.98. The highest BCUT2D eigenvalue weighted by Gasteiger charge is 2.23. The average Bonchev–Trinajstić information content (AvgIpc) is 3.18. The smallest absolute Gasteiger partial charge is 0.244 e. The van der Waals surface area contributed by atoms with Crippen molar-refractivity contribution in [3.63, 3.8) is 0 Å². The van der Waals surface area contributed by atoms with Crippen LogP contribution in [0.3, 0.4) is 0 Å². The van der Waals surface area contributed by atoms with E-state index in [-0.39, 0.29) is 11.8 Å². The lowest BCUT2D eigenvalue weighted by atomic mass is 9.92. The van der Waals surface area contributed by atoms with Gasteiger partial charge in [-0.2, -0.15) is 5.10 Å². The number of amides is 2. The lowest BCUT2D eigenvalue weighted by Gasteiger charge is -2.32. The molecule has 0 unspecified atom stereocenters. The van der Waals surface area contributed by atoms with Gasteiger partial charge in [0.1, 0.15) is 6.54 Å². The Morgan fingerprint density at radius 1 is 1.22 bits per heavy atom. The van der Waals surface area contributed by atoms with Crippen LogP contribution >= 0.6 is 11.6 Å². The van der Waals surface area contributed by atoms with Crippen molar-refractivity contribution in [2.75, 3.05) is 13.1 Å². The molecule has 6 nitrogen and oxygen atoms in total. The molecule has 3 rings (SSSR count). The van der Waals surface area contributed by atoms with E-state index in [0.29, 0.717) is 30.5 Å². The van der Waals surface area contributed by atoms with E-state index in [0.717, 1.165) is 37.9 Å². The molecule has 144 valence electrons. The number of likely N-dealkylation sites (tertiary alicyclic amines) is 1. The zero-order chi connectivity index (χ0) is 19.1. The molecule has 0 bridgehead atoms. The van der Waals surface area contributed by atoms with Crippen LogP contribution in [0.1, 0.15) is 31.2 Å². The Morgan fingerprint density at radius 2 is 2.04 bits per heavy atom. The molecule has 0 spiro atoms. The molecule has 2 heterocycles. The molecule has 7 heteroatoms. The molecule has 1 aliphatic heterocycles. The highest BCUT2D eigenvalue weighted by Crippen LogP contribution is 2.22. The highest BCUT2D eigenvalue weighted by atomic mass is 35.5. The molecule has 1 aliphatic rings. The summed E-state index contributed by atoms with van der Waals surface area (Å²) in [4.78, 5) is 26.2. The normalized spacial score (nSPS) is 14.9. The van der Waals surface area contributed by atoms with Gasteiger partial charge in [-0.1, -0.05) is 23.7 Å². The third kappa shape index (κ3) is 6.10. The maximum absolute atomic E-state index is 12.3. The summed E-state index contributed by atoms with van der Waals surface area (Å²) in [6.45, 7) is 2.31. The summed E-state index contributed by atoms with van der Waals surface area (Å²) in [5, 5.41) is 7.70. The predicted octanol–water partition coefficient (Wildman–Crippen LogP) is 2.87. The van der Waals surface area contributed by atoms with Crippen LogP contribution in [-0.2, 0) is 22.7 Å². The molecule has 1 aromatic heterocycles. The summed E-state index contributed by atoms with van der Waals surface area (Å²) < 4.78 is 1.65. The quantitative estimate of drug-likeness (QED) is 0.793. The maximum atomic E-state index is 12.3. The summed E-state index contributed by atoms with van der Waals surface area (Å²) in [5.74, 6) is 0.666. The number of hydrogen-bond donors (Lipinski definition) is 1. The molecule has 2 amide bonds. The molecule has 0 atom stereocenters. The molecule has 1 fully saturated rings. The molecular weight excluding hydrogens is 364 g/mol. The van der Waals surface area contributed by atoms with Crippen LogP contribution in [0.25, 0.3) is 0 Å². The van der Waals surface area contributed by atoms with Gasteiger partial charge in [-0.3, -0.25) is 14.3 Å². The van der Waals surface area contributed by atoms with Crippen LogP contribution in [0.2, 0.25) is 5.02 Å². The first-order chi connectivity index (χ1) is 13.1. The first kappa shape index (κ1) is 19.4. The Morgan fingerprint density at radius 3 is 2.74 bits per heavy atom. The van der Waals surface area contributed by atoms with Gasteiger partial charge in [0.2, 0.25) is 11.8 Å². The summed E-state index contributed by atoms with van der Waals surface area (Å²) in [6.07, 6.45) is 6.76. The number of nitrogens with one attached hydrogen (secondary N) is 1. The second-order valence-corrected chi connectivity index (χ2v) is 7.41. The Bertz CT molecular complexity index is 755. The second kappa shape index (κ2) is 9.55. The zero-order valence-electron chi connectivity index (χ0n) is 15.3. The number of nitrogens with zero attached hydrogens (tertiary/aromatic N) is 3. The van der Waals surface area contributed by atoms with Gasteiger partial charge in [-0.05, 0) is 48.9 Å². The molecule has 1 N–H and O–H groups in total. The van der Waals surface area contributed by atoms with Gasteiger partial charge < -0.3 is 10.2 Å². The Hall–Kier alpha value is -2.34. The van der Waals surface area contributed by atoms with E-state index in [1.54, 1.807) is 17.1 Å². The standard InChI is InChI=1S/C20H25ClN4O2/c21-18-4-1-3-17(13-18)14-22-19(26)6-5-16-7-11-24(12-8-16)20(27)15-25-10-2-9-23-25/h1-4,9-10,13,16H,5-8,11-12,14-15H2,(H,22,26). The molecule has 0 radical (unpaired) electrons. The number of halogens is 1. The van der Waals surface area contributed by atoms with Crippen LogP contribution in [0.4, 0.5) is 0 Å². The molecule has 1 saturated heterocycles. The van der Waals surface area contributed by atoms with Gasteiger partial charge in [-0.15, -0.1) is 0 Å². The number of hydrogen-bond acceptors (Lipinski definition) is 3. The average molecular weight is 389 g/mol. The first-order valence-electron chi connectivity index (χ1n) is 9.36. The zero-order valence-corrected chi connectivity index (χ0v) is 16.1. The van der Waals surface area contributed by atoms with Crippen molar-refractivity contribution >= 4 is 23.4 Å². The van der Waals surface area contributed by atoms with E-state index in [9.17, 15) is 9.59 Å². The highest BCUT2D eigenvalue weighted by molar-refractivity contribution is 6.30. The van der Waals surface area contributed by atoms with Crippen LogP contribution in [0.15, 0.2) is 42.7 Å². The number of benzene rings is 1. The summed E-state index contributed by atoms with van der Waals surface area (Å²) in [5.41, 5.74) is 1.000. The SMILES string of the molecule is O=C(CCC1CCN(C(=O)Cn2cccn2)CC1)NCc1cccc(Cl)c1. The second-order valence-electron chi connectivity index (χ2n) is 6.97. The van der Waals surface area contributed by atoms with E-state index in [2.05, 4.69) is 10.4 Å². The van der Waals surface area contributed by atoms with Crippen LogP contribution in [-0.4, -0.2) is 39.6 Å². The fourth-order valence-electron chi connectivity index (χ4n) is 3.37. The number of piperidine rings is 1. The minimum absolute atomic E-state index is 0.0622. The van der Waals surface area contributed by atoms with Crippen molar-refractivity contribution in [3.05, 3.63) is 53.3 Å². The van der Waals surface area contributed by atoms with Gasteiger partial charge in [0.25, 0.3) is 0 Å². The number of carbonyl (C=O) groups is 2. The molecule has 27 heavy (non-hydrogen) atoms. The van der Waals surface area contributed by atoms with Gasteiger partial charge >= 0.3 is 0 Å². The van der Waals surface area contributed by atoms with E-state index < -0.39 is 0 Å². The lowest BCUT2D eigenvalue weighted by Crippen LogP contribution is -2.40. The number of rotatable bonds is 7. The van der Waals surface area contributed by atoms with E-state index in [1.807, 2.05) is 35.2 Å². The molecule has 1 aromatic carbocycles. The van der Waals surface area contributed by atoms with Crippen molar-refractivity contribution in [1.29, 1.82) is 0 Å². The van der Waals surface area contributed by atoms with Crippen molar-refractivity contribution in [3.8, 4) is 0 Å². The summed E-state index contributed by atoms with van der Waals surface area (Å²) in [7, 11) is 0. The van der Waals surface area contributed by atoms with Gasteiger partial charge in [0.05, 0.1) is 0 Å². The largest absolute Gasteiger partial charge is 0.352 e. The van der Waals surface area contributed by atoms with Gasteiger partial charge in [-0.25, -0.2) is 0 Å². The summed E-state index contributed by atoms with van der Waals surface area (Å²) in [6, 6.07) is 9.32.